The standard InChI is InChI=1S/C21H20N4O/c1-26-17-9-7-16(8-10-17)18-5-2-6-19-20(18)21(24-14-23-19)25-11-3-4-15(12-22)13-25/h2,5-10,14-15H,3-4,11,13H2,1H3. The third kappa shape index (κ3) is 2.95. The van der Waals surface area contributed by atoms with Gasteiger partial charge in [-0.3, -0.25) is 0 Å². The van der Waals surface area contributed by atoms with E-state index in [-0.39, 0.29) is 5.92 Å². The van der Waals surface area contributed by atoms with Crippen LogP contribution >= 0.6 is 0 Å². The zero-order valence-corrected chi connectivity index (χ0v) is 14.7. The quantitative estimate of drug-likeness (QED) is 0.717. The summed E-state index contributed by atoms with van der Waals surface area (Å²) in [6.45, 7) is 1.64. The van der Waals surface area contributed by atoms with Crippen LogP contribution in [-0.4, -0.2) is 30.2 Å². The Bertz CT molecular complexity index is 957. The Kier molecular flexibility index (Phi) is 4.40. The van der Waals surface area contributed by atoms with Gasteiger partial charge in [0.2, 0.25) is 0 Å². The molecule has 1 saturated heterocycles. The Morgan fingerprint density at radius 1 is 1.15 bits per heavy atom. The molecule has 5 nitrogen and oxygen atoms in total. The van der Waals surface area contributed by atoms with E-state index in [0.717, 1.165) is 59.5 Å². The number of fused-ring (bicyclic) bond motifs is 1. The minimum absolute atomic E-state index is 0.0573. The summed E-state index contributed by atoms with van der Waals surface area (Å²) in [6, 6.07) is 16.6. The second-order valence-corrected chi connectivity index (χ2v) is 6.54. The van der Waals surface area contributed by atoms with Gasteiger partial charge in [0.25, 0.3) is 0 Å². The van der Waals surface area contributed by atoms with Crippen LogP contribution in [0, 0.1) is 17.2 Å². The minimum Gasteiger partial charge on any atom is -0.497 e. The van der Waals surface area contributed by atoms with E-state index in [0.29, 0.717) is 0 Å². The average Bonchev–Trinajstić information content (AvgIpc) is 2.73. The predicted octanol–water partition coefficient (Wildman–Crippen LogP) is 4.05. The van der Waals surface area contributed by atoms with Gasteiger partial charge >= 0.3 is 0 Å². The molecule has 1 aliphatic rings. The molecule has 3 aromatic rings. The summed E-state index contributed by atoms with van der Waals surface area (Å²) < 4.78 is 5.27. The SMILES string of the molecule is COc1ccc(-c2cccc3ncnc(N4CCCC(C#N)C4)c23)cc1. The molecule has 0 aliphatic carbocycles. The molecule has 0 amide bonds. The smallest absolute Gasteiger partial charge is 0.140 e. The van der Waals surface area contributed by atoms with Crippen molar-refractivity contribution in [2.45, 2.75) is 12.8 Å². The first-order valence-electron chi connectivity index (χ1n) is 8.83. The number of anilines is 1. The zero-order valence-electron chi connectivity index (χ0n) is 14.7. The number of hydrogen-bond acceptors (Lipinski definition) is 5. The first-order chi connectivity index (χ1) is 12.8. The predicted molar refractivity (Wildman–Crippen MR) is 102 cm³/mol. The Labute approximate surface area is 152 Å². The summed E-state index contributed by atoms with van der Waals surface area (Å²) in [5.74, 6) is 1.81. The minimum atomic E-state index is 0.0573. The molecule has 4 rings (SSSR count). The summed E-state index contributed by atoms with van der Waals surface area (Å²) in [7, 11) is 1.67. The fourth-order valence-electron chi connectivity index (χ4n) is 3.62. The lowest BCUT2D eigenvalue weighted by Gasteiger charge is -2.31. The third-order valence-corrected chi connectivity index (χ3v) is 4.95. The van der Waals surface area contributed by atoms with Crippen LogP contribution < -0.4 is 9.64 Å². The van der Waals surface area contributed by atoms with Gasteiger partial charge in [-0.1, -0.05) is 24.3 Å². The van der Waals surface area contributed by atoms with Crippen LogP contribution in [0.5, 0.6) is 5.75 Å². The van der Waals surface area contributed by atoms with E-state index in [4.69, 9.17) is 4.74 Å². The zero-order chi connectivity index (χ0) is 17.9. The van der Waals surface area contributed by atoms with E-state index < -0.39 is 0 Å². The van der Waals surface area contributed by atoms with Gasteiger partial charge in [-0.05, 0) is 42.2 Å². The van der Waals surface area contributed by atoms with Crippen molar-refractivity contribution in [3.8, 4) is 22.9 Å². The van der Waals surface area contributed by atoms with Crippen molar-refractivity contribution in [1.29, 1.82) is 5.26 Å². The van der Waals surface area contributed by atoms with Crippen LogP contribution in [0.25, 0.3) is 22.0 Å². The molecule has 0 saturated carbocycles. The molecule has 1 atom stereocenters. The molecular formula is C21H20N4O. The molecule has 0 spiro atoms. The Morgan fingerprint density at radius 2 is 2.00 bits per heavy atom. The van der Waals surface area contributed by atoms with E-state index in [1.165, 1.54) is 0 Å². The number of methoxy groups -OCH3 is 1. The lowest BCUT2D eigenvalue weighted by atomic mass is 9.97. The number of ether oxygens (including phenoxy) is 1. The van der Waals surface area contributed by atoms with Crippen LogP contribution in [0.15, 0.2) is 48.8 Å². The van der Waals surface area contributed by atoms with Gasteiger partial charge in [0.1, 0.15) is 17.9 Å². The molecule has 5 heteroatoms. The van der Waals surface area contributed by atoms with Crippen molar-refractivity contribution in [2.24, 2.45) is 5.92 Å². The van der Waals surface area contributed by atoms with Crippen LogP contribution in [0.3, 0.4) is 0 Å². The van der Waals surface area contributed by atoms with Gasteiger partial charge in [0, 0.05) is 13.1 Å². The molecule has 0 bridgehead atoms. The highest BCUT2D eigenvalue weighted by Crippen LogP contribution is 2.35. The van der Waals surface area contributed by atoms with Crippen molar-refractivity contribution >= 4 is 16.7 Å². The number of nitrogens with zero attached hydrogens (tertiary/aromatic N) is 4. The van der Waals surface area contributed by atoms with Crippen molar-refractivity contribution < 1.29 is 4.74 Å². The van der Waals surface area contributed by atoms with Gasteiger partial charge in [-0.2, -0.15) is 5.26 Å². The van der Waals surface area contributed by atoms with E-state index >= 15 is 0 Å². The first-order valence-corrected chi connectivity index (χ1v) is 8.83. The summed E-state index contributed by atoms with van der Waals surface area (Å²) in [6.07, 6.45) is 3.58. The fraction of sp³-hybridized carbons (Fsp3) is 0.286. The van der Waals surface area contributed by atoms with Crippen LogP contribution in [0.1, 0.15) is 12.8 Å². The number of hydrogen-bond donors (Lipinski definition) is 0. The molecule has 1 unspecified atom stereocenters. The molecule has 1 aliphatic heterocycles. The number of piperidine rings is 1. The van der Waals surface area contributed by atoms with Crippen molar-refractivity contribution in [3.63, 3.8) is 0 Å². The van der Waals surface area contributed by atoms with Crippen molar-refractivity contribution in [2.75, 3.05) is 25.1 Å². The molecule has 130 valence electrons. The Morgan fingerprint density at radius 3 is 2.77 bits per heavy atom. The van der Waals surface area contributed by atoms with Crippen molar-refractivity contribution in [3.05, 3.63) is 48.8 Å². The Balaban J connectivity index is 1.85. The van der Waals surface area contributed by atoms with E-state index in [1.54, 1.807) is 13.4 Å². The summed E-state index contributed by atoms with van der Waals surface area (Å²) >= 11 is 0. The fourth-order valence-corrected chi connectivity index (χ4v) is 3.62. The molecule has 26 heavy (non-hydrogen) atoms. The molecule has 2 aromatic carbocycles. The summed E-state index contributed by atoms with van der Waals surface area (Å²) in [5.41, 5.74) is 3.11. The molecule has 2 heterocycles. The van der Waals surface area contributed by atoms with E-state index in [1.807, 2.05) is 24.3 Å². The number of benzene rings is 2. The number of aromatic nitrogens is 2. The van der Waals surface area contributed by atoms with Crippen LogP contribution in [-0.2, 0) is 0 Å². The van der Waals surface area contributed by atoms with Crippen molar-refractivity contribution in [1.82, 2.24) is 9.97 Å². The molecule has 1 fully saturated rings. The second-order valence-electron chi connectivity index (χ2n) is 6.54. The Hall–Kier alpha value is -3.13. The van der Waals surface area contributed by atoms with E-state index in [9.17, 15) is 5.26 Å². The summed E-state index contributed by atoms with van der Waals surface area (Å²) in [4.78, 5) is 11.3. The maximum Gasteiger partial charge on any atom is 0.140 e. The van der Waals surface area contributed by atoms with Gasteiger partial charge in [0.05, 0.1) is 30.0 Å². The van der Waals surface area contributed by atoms with Gasteiger partial charge in [-0.25, -0.2) is 9.97 Å². The monoisotopic (exact) mass is 344 g/mol. The molecule has 0 N–H and O–H groups in total. The molecule has 0 radical (unpaired) electrons. The lowest BCUT2D eigenvalue weighted by Crippen LogP contribution is -2.35. The molecule has 1 aromatic heterocycles. The topological polar surface area (TPSA) is 62.0 Å². The maximum atomic E-state index is 9.33. The number of nitriles is 1. The van der Waals surface area contributed by atoms with Gasteiger partial charge < -0.3 is 9.64 Å². The van der Waals surface area contributed by atoms with Gasteiger partial charge in [-0.15, -0.1) is 0 Å². The highest BCUT2D eigenvalue weighted by Gasteiger charge is 2.23. The normalized spacial score (nSPS) is 17.1. The highest BCUT2D eigenvalue weighted by atomic mass is 16.5. The second kappa shape index (κ2) is 7.01. The first kappa shape index (κ1) is 16.3. The maximum absolute atomic E-state index is 9.33. The highest BCUT2D eigenvalue weighted by molar-refractivity contribution is 6.02. The third-order valence-electron chi connectivity index (χ3n) is 4.95. The summed E-state index contributed by atoms with van der Waals surface area (Å²) in [5, 5.41) is 10.4. The van der Waals surface area contributed by atoms with Crippen LogP contribution in [0.4, 0.5) is 5.82 Å². The van der Waals surface area contributed by atoms with Gasteiger partial charge in [0.15, 0.2) is 0 Å². The van der Waals surface area contributed by atoms with Crippen LogP contribution in [0.2, 0.25) is 0 Å². The molecular weight excluding hydrogens is 324 g/mol. The van der Waals surface area contributed by atoms with E-state index in [2.05, 4.69) is 39.1 Å². The average molecular weight is 344 g/mol. The number of rotatable bonds is 3. The lowest BCUT2D eigenvalue weighted by molar-refractivity contribution is 0.415. The largest absolute Gasteiger partial charge is 0.497 e.